The van der Waals surface area contributed by atoms with Gasteiger partial charge in [-0.25, -0.2) is 14.4 Å². The number of hydrogen-bond acceptors (Lipinski definition) is 7. The van der Waals surface area contributed by atoms with E-state index in [9.17, 15) is 29.6 Å². The number of nitrogens with zero attached hydrogens (tertiary/aromatic N) is 2. The molecular formula is C16H26N2O8. The second kappa shape index (κ2) is 9.16. The summed E-state index contributed by atoms with van der Waals surface area (Å²) in [6.07, 6.45) is -0.824. The van der Waals surface area contributed by atoms with Crippen LogP contribution in [0.5, 0.6) is 0 Å². The second-order valence-electron chi connectivity index (χ2n) is 7.43. The van der Waals surface area contributed by atoms with E-state index in [1.165, 1.54) is 0 Å². The van der Waals surface area contributed by atoms with E-state index in [1.54, 1.807) is 41.5 Å². The zero-order chi connectivity index (χ0) is 20.7. The van der Waals surface area contributed by atoms with E-state index in [1.807, 2.05) is 0 Å². The van der Waals surface area contributed by atoms with Crippen molar-refractivity contribution in [1.29, 1.82) is 0 Å². The normalized spacial score (nSPS) is 13.2. The lowest BCUT2D eigenvalue weighted by Crippen LogP contribution is -2.51. The van der Waals surface area contributed by atoms with E-state index < -0.39 is 40.3 Å². The zero-order valence-electron chi connectivity index (χ0n) is 15.8. The van der Waals surface area contributed by atoms with Crippen LogP contribution in [0.15, 0.2) is 12.3 Å². The third-order valence-corrected chi connectivity index (χ3v) is 2.61. The summed E-state index contributed by atoms with van der Waals surface area (Å²) in [4.78, 5) is 46.3. The lowest BCUT2D eigenvalue weighted by molar-refractivity contribution is -0.402. The molecule has 0 unspecified atom stereocenters. The molecule has 0 aliphatic carbocycles. The molecule has 10 nitrogen and oxygen atoms in total. The topological polar surface area (TPSA) is 136 Å². The first-order chi connectivity index (χ1) is 11.6. The maximum absolute atomic E-state index is 12.4. The highest BCUT2D eigenvalue weighted by Crippen LogP contribution is 2.19. The van der Waals surface area contributed by atoms with Gasteiger partial charge in [-0.1, -0.05) is 0 Å². The third-order valence-electron chi connectivity index (χ3n) is 2.61. The monoisotopic (exact) mass is 374 g/mol. The molecule has 0 aliphatic heterocycles. The first-order valence-electron chi connectivity index (χ1n) is 7.92. The van der Waals surface area contributed by atoms with Gasteiger partial charge in [0.1, 0.15) is 17.2 Å². The summed E-state index contributed by atoms with van der Waals surface area (Å²) in [7, 11) is 0. The van der Waals surface area contributed by atoms with E-state index in [2.05, 4.69) is 0 Å². The van der Waals surface area contributed by atoms with Crippen LogP contribution in [0.2, 0.25) is 0 Å². The molecule has 0 fully saturated rings. The van der Waals surface area contributed by atoms with Gasteiger partial charge in [0.25, 0.3) is 0 Å². The van der Waals surface area contributed by atoms with Gasteiger partial charge in [0.15, 0.2) is 0 Å². The fourth-order valence-corrected chi connectivity index (χ4v) is 1.73. The van der Waals surface area contributed by atoms with Crippen LogP contribution in [0.25, 0.3) is 0 Å². The molecule has 0 saturated carbocycles. The Morgan fingerprint density at radius 1 is 1.08 bits per heavy atom. The molecule has 0 saturated heterocycles. The first kappa shape index (κ1) is 23.4. The predicted octanol–water partition coefficient (Wildman–Crippen LogP) is 3.18. The maximum Gasteiger partial charge on any atom is 0.420 e. The highest BCUT2D eigenvalue weighted by molar-refractivity contribution is 5.93. The maximum atomic E-state index is 12.4. The molecule has 26 heavy (non-hydrogen) atoms. The van der Waals surface area contributed by atoms with Crippen molar-refractivity contribution in [3.63, 3.8) is 0 Å². The third kappa shape index (κ3) is 9.60. The molecule has 0 aromatic rings. The van der Waals surface area contributed by atoms with Crippen LogP contribution in [0, 0.1) is 10.1 Å². The number of carboxylic acids is 1. The van der Waals surface area contributed by atoms with E-state index in [0.29, 0.717) is 11.1 Å². The second-order valence-corrected chi connectivity index (χ2v) is 7.43. The Kier molecular flexibility index (Phi) is 8.23. The number of amides is 2. The number of aliphatic carboxylic acids is 1. The van der Waals surface area contributed by atoms with E-state index in [-0.39, 0.29) is 12.8 Å². The highest BCUT2D eigenvalue weighted by Gasteiger charge is 2.39. The molecule has 0 rings (SSSR count). The number of nitro groups is 1. The number of ether oxygens (including phenoxy) is 2. The number of carboxylic acid groups (broad SMARTS) is 1. The highest BCUT2D eigenvalue weighted by atomic mass is 16.6. The van der Waals surface area contributed by atoms with Crippen molar-refractivity contribution >= 4 is 18.2 Å². The molecule has 0 aromatic carbocycles. The SMILES string of the molecule is CC(C)(C)OC(=O)N(C(=O)OC(C)(C)C)[C@H](CC/C=C/[N+](=O)[O-])C(=O)O. The molecular weight excluding hydrogens is 348 g/mol. The summed E-state index contributed by atoms with van der Waals surface area (Å²) in [5.74, 6) is -1.46. The number of rotatable bonds is 6. The standard InChI is InChI=1S/C16H26N2O8/c1-15(2,3)25-13(21)18(14(22)26-16(4,5)6)11(12(19)20)9-7-8-10-17(23)24/h8,10-11H,7,9H2,1-6H3,(H,19,20)/b10-8+/t11-/m1/s1. The Hall–Kier alpha value is -2.65. The summed E-state index contributed by atoms with van der Waals surface area (Å²) in [5, 5.41) is 19.7. The van der Waals surface area contributed by atoms with Crippen molar-refractivity contribution in [1.82, 2.24) is 4.90 Å². The molecule has 2 amide bonds. The Bertz CT molecular complexity index is 544. The zero-order valence-corrected chi connectivity index (χ0v) is 15.8. The molecule has 0 radical (unpaired) electrons. The van der Waals surface area contributed by atoms with E-state index in [0.717, 1.165) is 6.08 Å². The van der Waals surface area contributed by atoms with Crippen molar-refractivity contribution in [3.05, 3.63) is 22.4 Å². The summed E-state index contributed by atoms with van der Waals surface area (Å²) in [6.45, 7) is 9.38. The minimum absolute atomic E-state index is 0.0416. The van der Waals surface area contributed by atoms with Crippen molar-refractivity contribution in [2.24, 2.45) is 0 Å². The minimum Gasteiger partial charge on any atom is -0.480 e. The average molecular weight is 374 g/mol. The molecule has 1 N–H and O–H groups in total. The van der Waals surface area contributed by atoms with Gasteiger partial charge in [-0.3, -0.25) is 10.1 Å². The number of carbonyl (C=O) groups excluding carboxylic acids is 2. The number of allylic oxidation sites excluding steroid dienone is 1. The molecule has 0 spiro atoms. The summed E-state index contributed by atoms with van der Waals surface area (Å²) >= 11 is 0. The number of imide groups is 1. The Balaban J connectivity index is 5.59. The quantitative estimate of drug-likeness (QED) is 0.553. The van der Waals surface area contributed by atoms with Crippen molar-refractivity contribution < 1.29 is 33.9 Å². The van der Waals surface area contributed by atoms with Crippen molar-refractivity contribution in [2.45, 2.75) is 71.6 Å². The van der Waals surface area contributed by atoms with Crippen LogP contribution in [0.4, 0.5) is 9.59 Å². The van der Waals surface area contributed by atoms with Gasteiger partial charge < -0.3 is 14.6 Å². The number of hydrogen-bond donors (Lipinski definition) is 1. The summed E-state index contributed by atoms with van der Waals surface area (Å²) < 4.78 is 10.2. The van der Waals surface area contributed by atoms with Crippen LogP contribution < -0.4 is 0 Å². The molecule has 10 heteroatoms. The lowest BCUT2D eigenvalue weighted by Gasteiger charge is -2.31. The van der Waals surface area contributed by atoms with Crippen LogP contribution in [-0.4, -0.2) is 50.3 Å². The molecule has 148 valence electrons. The van der Waals surface area contributed by atoms with Gasteiger partial charge in [0.2, 0.25) is 6.20 Å². The van der Waals surface area contributed by atoms with Crippen LogP contribution in [-0.2, 0) is 14.3 Å². The van der Waals surface area contributed by atoms with Gasteiger partial charge >= 0.3 is 18.2 Å². The molecule has 1 atom stereocenters. The van der Waals surface area contributed by atoms with Gasteiger partial charge in [0, 0.05) is 0 Å². The van der Waals surface area contributed by atoms with E-state index in [4.69, 9.17) is 9.47 Å². The fourth-order valence-electron chi connectivity index (χ4n) is 1.73. The minimum atomic E-state index is -1.60. The smallest absolute Gasteiger partial charge is 0.420 e. The Morgan fingerprint density at radius 3 is 1.81 bits per heavy atom. The molecule has 0 aromatic heterocycles. The molecule has 0 bridgehead atoms. The Morgan fingerprint density at radius 2 is 1.50 bits per heavy atom. The molecule has 0 heterocycles. The lowest BCUT2D eigenvalue weighted by atomic mass is 10.1. The number of carbonyl (C=O) groups is 3. The van der Waals surface area contributed by atoms with Crippen LogP contribution >= 0.6 is 0 Å². The fraction of sp³-hybridized carbons (Fsp3) is 0.688. The average Bonchev–Trinajstić information content (AvgIpc) is 2.36. The van der Waals surface area contributed by atoms with Gasteiger partial charge in [0.05, 0.1) is 4.92 Å². The Labute approximate surface area is 151 Å². The first-order valence-corrected chi connectivity index (χ1v) is 7.92. The summed E-state index contributed by atoms with van der Waals surface area (Å²) in [6, 6.07) is -1.60. The van der Waals surface area contributed by atoms with Crippen molar-refractivity contribution in [2.75, 3.05) is 0 Å². The van der Waals surface area contributed by atoms with E-state index >= 15 is 0 Å². The predicted molar refractivity (Wildman–Crippen MR) is 91.1 cm³/mol. The van der Waals surface area contributed by atoms with Crippen LogP contribution in [0.1, 0.15) is 54.4 Å². The van der Waals surface area contributed by atoms with Gasteiger partial charge in [-0.15, -0.1) is 0 Å². The largest absolute Gasteiger partial charge is 0.480 e. The van der Waals surface area contributed by atoms with Crippen molar-refractivity contribution in [3.8, 4) is 0 Å². The summed E-state index contributed by atoms with van der Waals surface area (Å²) in [5.41, 5.74) is -1.93. The van der Waals surface area contributed by atoms with Gasteiger partial charge in [-0.2, -0.15) is 4.90 Å². The molecule has 0 aliphatic rings. The van der Waals surface area contributed by atoms with Gasteiger partial charge in [-0.05, 0) is 60.5 Å². The van der Waals surface area contributed by atoms with Crippen LogP contribution in [0.3, 0.4) is 0 Å².